The van der Waals surface area contributed by atoms with Crippen molar-refractivity contribution in [1.29, 1.82) is 5.26 Å². The van der Waals surface area contributed by atoms with Gasteiger partial charge in [-0.15, -0.1) is 5.10 Å². The van der Waals surface area contributed by atoms with Crippen LogP contribution in [0.2, 0.25) is 5.15 Å². The minimum atomic E-state index is 0.239. The average Bonchev–Trinajstić information content (AvgIpc) is 2.79. The Morgan fingerprint density at radius 1 is 1.26 bits per heavy atom. The second-order valence-electron chi connectivity index (χ2n) is 3.72. The summed E-state index contributed by atoms with van der Waals surface area (Å²) in [6.45, 7) is 0. The molecule has 0 aliphatic rings. The van der Waals surface area contributed by atoms with Gasteiger partial charge in [0, 0.05) is 5.56 Å². The third-order valence-corrected chi connectivity index (χ3v) is 3.17. The highest BCUT2D eigenvalue weighted by atomic mass is 79.9. The summed E-state index contributed by atoms with van der Waals surface area (Å²) < 4.78 is 1.96. The molecule has 0 saturated heterocycles. The Kier molecular flexibility index (Phi) is 2.93. The number of benzene rings is 1. The van der Waals surface area contributed by atoms with Gasteiger partial charge in [0.2, 0.25) is 4.73 Å². The zero-order chi connectivity index (χ0) is 13.4. The Hall–Kier alpha value is -1.97. The molecule has 3 aromatic rings. The van der Waals surface area contributed by atoms with Crippen LogP contribution < -0.4 is 0 Å². The molecular formula is C12H5BrClN5. The summed E-state index contributed by atoms with van der Waals surface area (Å²) in [5.74, 6) is 0. The highest BCUT2D eigenvalue weighted by molar-refractivity contribution is 9.10. The minimum absolute atomic E-state index is 0.239. The van der Waals surface area contributed by atoms with Gasteiger partial charge < -0.3 is 0 Å². The first kappa shape index (κ1) is 12.1. The average molecular weight is 335 g/mol. The van der Waals surface area contributed by atoms with Crippen LogP contribution in [-0.2, 0) is 0 Å². The van der Waals surface area contributed by atoms with Gasteiger partial charge in [0.15, 0.2) is 10.8 Å². The largest absolute Gasteiger partial charge is 0.230 e. The van der Waals surface area contributed by atoms with E-state index < -0.39 is 0 Å². The third kappa shape index (κ3) is 2.07. The van der Waals surface area contributed by atoms with Crippen molar-refractivity contribution in [2.45, 2.75) is 0 Å². The maximum absolute atomic E-state index is 9.11. The molecule has 0 atom stereocenters. The summed E-state index contributed by atoms with van der Waals surface area (Å²) in [6, 6.07) is 9.31. The summed E-state index contributed by atoms with van der Waals surface area (Å²) >= 11 is 9.27. The second kappa shape index (κ2) is 4.61. The molecule has 0 saturated carbocycles. The monoisotopic (exact) mass is 333 g/mol. The zero-order valence-electron chi connectivity index (χ0n) is 9.38. The fourth-order valence-corrected chi connectivity index (χ4v) is 2.32. The lowest BCUT2D eigenvalue weighted by atomic mass is 10.1. The van der Waals surface area contributed by atoms with E-state index in [2.05, 4.69) is 37.1 Å². The molecule has 2 heterocycles. The van der Waals surface area contributed by atoms with Crippen LogP contribution in [0, 0.1) is 11.3 Å². The zero-order valence-corrected chi connectivity index (χ0v) is 11.7. The van der Waals surface area contributed by atoms with E-state index in [9.17, 15) is 0 Å². The quantitative estimate of drug-likeness (QED) is 0.686. The normalized spacial score (nSPS) is 10.6. The SMILES string of the molecule is N#Cc1ccccc1-c1cn2nc(Br)nc2c(Cl)n1. The van der Waals surface area contributed by atoms with E-state index in [-0.39, 0.29) is 5.15 Å². The molecule has 0 aliphatic carbocycles. The van der Waals surface area contributed by atoms with Crippen LogP contribution in [0.4, 0.5) is 0 Å². The lowest BCUT2D eigenvalue weighted by molar-refractivity contribution is 0.935. The highest BCUT2D eigenvalue weighted by Gasteiger charge is 2.12. The molecule has 92 valence electrons. The van der Waals surface area contributed by atoms with E-state index in [4.69, 9.17) is 16.9 Å². The van der Waals surface area contributed by atoms with E-state index >= 15 is 0 Å². The maximum atomic E-state index is 9.11. The molecule has 7 heteroatoms. The number of hydrogen-bond acceptors (Lipinski definition) is 4. The van der Waals surface area contributed by atoms with Crippen LogP contribution in [0.1, 0.15) is 5.56 Å². The number of nitriles is 1. The number of aromatic nitrogens is 4. The van der Waals surface area contributed by atoms with Crippen LogP contribution in [-0.4, -0.2) is 19.6 Å². The number of hydrogen-bond donors (Lipinski definition) is 0. The van der Waals surface area contributed by atoms with Crippen molar-refractivity contribution in [2.75, 3.05) is 0 Å². The Bertz CT molecular complexity index is 821. The summed E-state index contributed by atoms with van der Waals surface area (Å²) in [7, 11) is 0. The van der Waals surface area contributed by atoms with Crippen LogP contribution in [0.15, 0.2) is 35.2 Å². The van der Waals surface area contributed by atoms with Gasteiger partial charge in [0.25, 0.3) is 0 Å². The van der Waals surface area contributed by atoms with Crippen molar-refractivity contribution in [3.63, 3.8) is 0 Å². The summed E-state index contributed by atoms with van der Waals surface area (Å²) in [5, 5.41) is 13.5. The predicted molar refractivity (Wildman–Crippen MR) is 73.6 cm³/mol. The molecule has 0 unspecified atom stereocenters. The van der Waals surface area contributed by atoms with Gasteiger partial charge in [-0.25, -0.2) is 9.50 Å². The van der Waals surface area contributed by atoms with Crippen molar-refractivity contribution in [3.05, 3.63) is 45.9 Å². The van der Waals surface area contributed by atoms with Crippen LogP contribution in [0.25, 0.3) is 16.9 Å². The third-order valence-electron chi connectivity index (χ3n) is 2.58. The van der Waals surface area contributed by atoms with E-state index in [0.717, 1.165) is 0 Å². The van der Waals surface area contributed by atoms with Crippen molar-refractivity contribution < 1.29 is 0 Å². The molecule has 0 amide bonds. The standard InChI is InChI=1S/C12H5BrClN5/c13-12-17-11-10(14)16-9(6-19(11)18-12)8-4-2-1-3-7(8)5-15/h1-4,6H. The van der Waals surface area contributed by atoms with Crippen molar-refractivity contribution in [1.82, 2.24) is 19.6 Å². The first-order chi connectivity index (χ1) is 9.19. The smallest absolute Gasteiger partial charge is 0.218 e. The molecule has 0 fully saturated rings. The van der Waals surface area contributed by atoms with Gasteiger partial charge >= 0.3 is 0 Å². The number of rotatable bonds is 1. The van der Waals surface area contributed by atoms with Crippen LogP contribution >= 0.6 is 27.5 Å². The van der Waals surface area contributed by atoms with Crippen LogP contribution in [0.5, 0.6) is 0 Å². The Balaban J connectivity index is 2.29. The number of fused-ring (bicyclic) bond motifs is 1. The molecule has 2 aromatic heterocycles. The Morgan fingerprint density at radius 2 is 2.05 bits per heavy atom. The molecule has 0 N–H and O–H groups in total. The van der Waals surface area contributed by atoms with Gasteiger partial charge in [-0.3, -0.25) is 0 Å². The Labute approximate surface area is 121 Å². The van der Waals surface area contributed by atoms with Crippen molar-refractivity contribution >= 4 is 33.2 Å². The fraction of sp³-hybridized carbons (Fsp3) is 0. The van der Waals surface area contributed by atoms with Gasteiger partial charge in [-0.05, 0) is 22.0 Å². The van der Waals surface area contributed by atoms with E-state index in [1.165, 1.54) is 4.52 Å². The van der Waals surface area contributed by atoms with Gasteiger partial charge in [0.05, 0.1) is 23.5 Å². The van der Waals surface area contributed by atoms with Gasteiger partial charge in [-0.1, -0.05) is 29.8 Å². The molecule has 1 aromatic carbocycles. The molecule has 0 bridgehead atoms. The van der Waals surface area contributed by atoms with Crippen molar-refractivity contribution in [3.8, 4) is 17.3 Å². The lowest BCUT2D eigenvalue weighted by Crippen LogP contribution is -1.95. The summed E-state index contributed by atoms with van der Waals surface area (Å²) in [6.07, 6.45) is 1.69. The topological polar surface area (TPSA) is 66.9 Å². The van der Waals surface area contributed by atoms with E-state index in [1.54, 1.807) is 18.3 Å². The lowest BCUT2D eigenvalue weighted by Gasteiger charge is -2.04. The molecule has 3 rings (SSSR count). The molecule has 19 heavy (non-hydrogen) atoms. The van der Waals surface area contributed by atoms with E-state index in [0.29, 0.717) is 27.2 Å². The molecular weight excluding hydrogens is 330 g/mol. The summed E-state index contributed by atoms with van der Waals surface area (Å²) in [5.41, 5.74) is 2.28. The summed E-state index contributed by atoms with van der Waals surface area (Å²) in [4.78, 5) is 8.36. The van der Waals surface area contributed by atoms with Crippen molar-refractivity contribution in [2.24, 2.45) is 0 Å². The molecule has 0 aliphatic heterocycles. The first-order valence-corrected chi connectivity index (χ1v) is 6.44. The van der Waals surface area contributed by atoms with Gasteiger partial charge in [0.1, 0.15) is 0 Å². The molecule has 0 radical (unpaired) electrons. The number of halogens is 2. The molecule has 5 nitrogen and oxygen atoms in total. The predicted octanol–water partition coefficient (Wildman–Crippen LogP) is 3.08. The van der Waals surface area contributed by atoms with Crippen LogP contribution in [0.3, 0.4) is 0 Å². The first-order valence-electron chi connectivity index (χ1n) is 5.27. The molecule has 0 spiro atoms. The Morgan fingerprint density at radius 3 is 2.84 bits per heavy atom. The van der Waals surface area contributed by atoms with Gasteiger partial charge in [-0.2, -0.15) is 10.2 Å². The highest BCUT2D eigenvalue weighted by Crippen LogP contribution is 2.24. The van der Waals surface area contributed by atoms with E-state index in [1.807, 2.05) is 12.1 Å². The second-order valence-corrected chi connectivity index (χ2v) is 4.79. The number of nitrogens with zero attached hydrogens (tertiary/aromatic N) is 5. The fourth-order valence-electron chi connectivity index (χ4n) is 1.76. The maximum Gasteiger partial charge on any atom is 0.218 e. The minimum Gasteiger partial charge on any atom is -0.230 e.